The maximum Gasteiger partial charge on any atom is 0.260 e. The number of fused-ring (bicyclic) bond motifs is 1. The molecule has 0 bridgehead atoms. The number of thioether (sulfide) groups is 1. The fourth-order valence-electron chi connectivity index (χ4n) is 2.61. The minimum atomic E-state index is 0.0118. The molecule has 1 aliphatic heterocycles. The van der Waals surface area contributed by atoms with E-state index in [1.807, 2.05) is 41.3 Å². The second-order valence-corrected chi connectivity index (χ2v) is 6.17. The molecule has 1 aliphatic rings. The van der Waals surface area contributed by atoms with Crippen LogP contribution in [0.2, 0.25) is 0 Å². The van der Waals surface area contributed by atoms with Crippen LogP contribution >= 0.6 is 11.8 Å². The Morgan fingerprint density at radius 3 is 2.82 bits per heavy atom. The molecule has 1 saturated heterocycles. The quantitative estimate of drug-likeness (QED) is 0.730. The first-order valence-corrected chi connectivity index (χ1v) is 8.25. The number of benzene rings is 1. The van der Waals surface area contributed by atoms with E-state index < -0.39 is 0 Å². The molecule has 0 aliphatic carbocycles. The third kappa shape index (κ3) is 2.16. The van der Waals surface area contributed by atoms with Crippen LogP contribution < -0.4 is 0 Å². The van der Waals surface area contributed by atoms with Gasteiger partial charge >= 0.3 is 0 Å². The third-order valence-electron chi connectivity index (χ3n) is 3.74. The summed E-state index contributed by atoms with van der Waals surface area (Å²) in [5.41, 5.74) is 3.16. The van der Waals surface area contributed by atoms with Gasteiger partial charge in [-0.15, -0.1) is 11.8 Å². The molecule has 3 heterocycles. The van der Waals surface area contributed by atoms with Crippen LogP contribution in [-0.4, -0.2) is 43.6 Å². The molecule has 0 saturated carbocycles. The monoisotopic (exact) mass is 310 g/mol. The average molecular weight is 310 g/mol. The third-order valence-corrected chi connectivity index (χ3v) is 4.71. The summed E-state index contributed by atoms with van der Waals surface area (Å²) in [6, 6.07) is 11.9. The number of carbonyl (C=O) groups is 1. The standard InChI is InChI=1S/C16H14N4OS/c21-16(19-8-9-22-11-19)13-10-18-20-14(6-7-17-15(13)20)12-4-2-1-3-5-12/h1-7,10H,8-9,11H2. The fourth-order valence-corrected chi connectivity index (χ4v) is 3.56. The molecule has 1 aromatic carbocycles. The maximum atomic E-state index is 12.6. The molecule has 22 heavy (non-hydrogen) atoms. The Balaban J connectivity index is 1.82. The maximum absolute atomic E-state index is 12.6. The summed E-state index contributed by atoms with van der Waals surface area (Å²) in [4.78, 5) is 18.8. The zero-order valence-corrected chi connectivity index (χ0v) is 12.7. The SMILES string of the molecule is O=C(c1cnn2c(-c3ccccc3)ccnc12)N1CCSC1. The molecule has 0 atom stereocenters. The topological polar surface area (TPSA) is 50.5 Å². The summed E-state index contributed by atoms with van der Waals surface area (Å²) in [5, 5.41) is 4.39. The van der Waals surface area contributed by atoms with Gasteiger partial charge in [-0.3, -0.25) is 4.79 Å². The molecule has 0 radical (unpaired) electrons. The van der Waals surface area contributed by atoms with E-state index in [9.17, 15) is 4.79 Å². The van der Waals surface area contributed by atoms with Gasteiger partial charge in [0.25, 0.3) is 5.91 Å². The van der Waals surface area contributed by atoms with E-state index >= 15 is 0 Å². The van der Waals surface area contributed by atoms with Crippen molar-refractivity contribution in [2.45, 2.75) is 0 Å². The molecule has 1 fully saturated rings. The van der Waals surface area contributed by atoms with Crippen LogP contribution in [0.3, 0.4) is 0 Å². The molecule has 110 valence electrons. The Labute approximate surface area is 132 Å². The molecular formula is C16H14N4OS. The molecule has 3 aromatic rings. The Bertz CT molecular complexity index is 825. The second-order valence-electron chi connectivity index (χ2n) is 5.10. The van der Waals surface area contributed by atoms with Gasteiger partial charge in [-0.1, -0.05) is 30.3 Å². The van der Waals surface area contributed by atoms with Gasteiger partial charge < -0.3 is 4.90 Å². The van der Waals surface area contributed by atoms with Crippen molar-refractivity contribution in [2.24, 2.45) is 0 Å². The highest BCUT2D eigenvalue weighted by molar-refractivity contribution is 7.99. The smallest absolute Gasteiger partial charge is 0.260 e. The van der Waals surface area contributed by atoms with Crippen LogP contribution in [0.25, 0.3) is 16.9 Å². The van der Waals surface area contributed by atoms with Crippen molar-refractivity contribution >= 4 is 23.3 Å². The van der Waals surface area contributed by atoms with E-state index in [0.29, 0.717) is 11.2 Å². The van der Waals surface area contributed by atoms with Crippen LogP contribution in [0.4, 0.5) is 0 Å². The number of carbonyl (C=O) groups excluding carboxylic acids is 1. The lowest BCUT2D eigenvalue weighted by molar-refractivity contribution is 0.0804. The zero-order chi connectivity index (χ0) is 14.9. The number of hydrogen-bond donors (Lipinski definition) is 0. The van der Waals surface area contributed by atoms with Gasteiger partial charge in [-0.25, -0.2) is 9.50 Å². The molecule has 6 heteroatoms. The van der Waals surface area contributed by atoms with Crippen LogP contribution in [0, 0.1) is 0 Å². The summed E-state index contributed by atoms with van der Waals surface area (Å²) in [6.07, 6.45) is 3.36. The van der Waals surface area contributed by atoms with Gasteiger partial charge in [-0.05, 0) is 6.07 Å². The van der Waals surface area contributed by atoms with E-state index in [1.165, 1.54) is 0 Å². The first-order chi connectivity index (χ1) is 10.8. The number of hydrogen-bond acceptors (Lipinski definition) is 4. The number of amides is 1. The predicted molar refractivity (Wildman–Crippen MR) is 86.8 cm³/mol. The molecule has 0 unspecified atom stereocenters. The molecule has 2 aromatic heterocycles. The van der Waals surface area contributed by atoms with Crippen LogP contribution in [0.5, 0.6) is 0 Å². The van der Waals surface area contributed by atoms with E-state index in [1.54, 1.807) is 28.7 Å². The van der Waals surface area contributed by atoms with Crippen molar-refractivity contribution in [3.8, 4) is 11.3 Å². The number of rotatable bonds is 2. The summed E-state index contributed by atoms with van der Waals surface area (Å²) >= 11 is 1.77. The van der Waals surface area contributed by atoms with Crippen molar-refractivity contribution in [1.82, 2.24) is 19.5 Å². The van der Waals surface area contributed by atoms with Gasteiger partial charge in [0.15, 0.2) is 5.65 Å². The van der Waals surface area contributed by atoms with Crippen LogP contribution in [0.1, 0.15) is 10.4 Å². The second kappa shape index (κ2) is 5.46. The van der Waals surface area contributed by atoms with Crippen molar-refractivity contribution in [3.63, 3.8) is 0 Å². The predicted octanol–water partition coefficient (Wildman–Crippen LogP) is 2.54. The van der Waals surface area contributed by atoms with Gasteiger partial charge in [0, 0.05) is 24.1 Å². The largest absolute Gasteiger partial charge is 0.328 e. The molecular weight excluding hydrogens is 296 g/mol. The van der Waals surface area contributed by atoms with Crippen molar-refractivity contribution in [3.05, 3.63) is 54.4 Å². The lowest BCUT2D eigenvalue weighted by Gasteiger charge is -2.13. The zero-order valence-electron chi connectivity index (χ0n) is 11.8. The van der Waals surface area contributed by atoms with E-state index in [-0.39, 0.29) is 5.91 Å². The first-order valence-electron chi connectivity index (χ1n) is 7.10. The summed E-state index contributed by atoms with van der Waals surface area (Å²) < 4.78 is 1.74. The lowest BCUT2D eigenvalue weighted by atomic mass is 10.1. The van der Waals surface area contributed by atoms with E-state index in [4.69, 9.17) is 0 Å². The molecule has 0 spiro atoms. The first kappa shape index (κ1) is 13.3. The van der Waals surface area contributed by atoms with Gasteiger partial charge in [-0.2, -0.15) is 5.10 Å². The van der Waals surface area contributed by atoms with Crippen molar-refractivity contribution in [1.29, 1.82) is 0 Å². The number of nitrogens with zero attached hydrogens (tertiary/aromatic N) is 4. The highest BCUT2D eigenvalue weighted by atomic mass is 32.2. The number of aromatic nitrogens is 3. The molecule has 1 amide bonds. The Morgan fingerprint density at radius 2 is 2.05 bits per heavy atom. The van der Waals surface area contributed by atoms with Crippen LogP contribution in [0.15, 0.2) is 48.8 Å². The molecule has 5 nitrogen and oxygen atoms in total. The van der Waals surface area contributed by atoms with Gasteiger partial charge in [0.2, 0.25) is 0 Å². The van der Waals surface area contributed by atoms with Crippen molar-refractivity contribution in [2.75, 3.05) is 18.2 Å². The summed E-state index contributed by atoms with van der Waals surface area (Å²) in [7, 11) is 0. The normalized spacial score (nSPS) is 14.6. The van der Waals surface area contributed by atoms with Crippen LogP contribution in [-0.2, 0) is 0 Å². The van der Waals surface area contributed by atoms with Crippen molar-refractivity contribution < 1.29 is 4.79 Å². The van der Waals surface area contributed by atoms with E-state index in [0.717, 1.165) is 29.4 Å². The fraction of sp³-hybridized carbons (Fsp3) is 0.188. The lowest BCUT2D eigenvalue weighted by Crippen LogP contribution is -2.27. The molecule has 0 N–H and O–H groups in total. The Hall–Kier alpha value is -2.34. The summed E-state index contributed by atoms with van der Waals surface area (Å²) in [5.74, 6) is 1.75. The minimum absolute atomic E-state index is 0.0118. The Kier molecular flexibility index (Phi) is 3.31. The highest BCUT2D eigenvalue weighted by Crippen LogP contribution is 2.23. The summed E-state index contributed by atoms with van der Waals surface area (Å²) in [6.45, 7) is 0.791. The minimum Gasteiger partial charge on any atom is -0.328 e. The average Bonchev–Trinajstić information content (AvgIpc) is 3.24. The molecule has 4 rings (SSSR count). The Morgan fingerprint density at radius 1 is 1.18 bits per heavy atom. The van der Waals surface area contributed by atoms with Gasteiger partial charge in [0.1, 0.15) is 5.56 Å². The van der Waals surface area contributed by atoms with Gasteiger partial charge in [0.05, 0.1) is 17.8 Å². The highest BCUT2D eigenvalue weighted by Gasteiger charge is 2.24. The van der Waals surface area contributed by atoms with E-state index in [2.05, 4.69) is 10.1 Å².